The quantitative estimate of drug-likeness (QED) is 0.368. The van der Waals surface area contributed by atoms with Crippen LogP contribution in [0.1, 0.15) is 0 Å². The van der Waals surface area contributed by atoms with Crippen molar-refractivity contribution < 1.29 is 31.8 Å². The van der Waals surface area contributed by atoms with Crippen molar-refractivity contribution in [2.24, 2.45) is 0 Å². The maximum atomic E-state index is 13.1. The number of methoxy groups -OCH3 is 1. The van der Waals surface area contributed by atoms with E-state index in [9.17, 15) is 22.4 Å². The Hall–Kier alpha value is -1.31. The second kappa shape index (κ2) is 6.03. The van der Waals surface area contributed by atoms with Gasteiger partial charge in [0.2, 0.25) is 11.6 Å². The predicted octanol–water partition coefficient (Wildman–Crippen LogP) is 2.56. The molecule has 3 nitrogen and oxygen atoms in total. The standard InChI is InChI=1S/C10H7BrF4O3/c1-17-10(16)4(11)3-18-9-7(14)5(12)2-6(13)8(9)15/h2,4H,3H2,1H3. The topological polar surface area (TPSA) is 35.5 Å². The third-order valence-electron chi connectivity index (χ3n) is 1.90. The maximum Gasteiger partial charge on any atom is 0.322 e. The Bertz CT molecular complexity index is 441. The molecule has 8 heteroatoms. The highest BCUT2D eigenvalue weighted by atomic mass is 79.9. The Morgan fingerprint density at radius 1 is 1.28 bits per heavy atom. The van der Waals surface area contributed by atoms with E-state index in [1.807, 2.05) is 0 Å². The first-order valence-electron chi connectivity index (χ1n) is 4.56. The van der Waals surface area contributed by atoms with Gasteiger partial charge in [0.05, 0.1) is 7.11 Å². The molecule has 1 aromatic rings. The van der Waals surface area contributed by atoms with Crippen molar-refractivity contribution in [1.82, 2.24) is 0 Å². The molecule has 18 heavy (non-hydrogen) atoms. The molecular formula is C10H7BrF4O3. The van der Waals surface area contributed by atoms with Crippen molar-refractivity contribution >= 4 is 21.9 Å². The summed E-state index contributed by atoms with van der Waals surface area (Å²) >= 11 is 2.82. The first kappa shape index (κ1) is 14.7. The van der Waals surface area contributed by atoms with Gasteiger partial charge in [-0.3, -0.25) is 4.79 Å². The van der Waals surface area contributed by atoms with Gasteiger partial charge >= 0.3 is 5.97 Å². The van der Waals surface area contributed by atoms with Crippen LogP contribution < -0.4 is 4.74 Å². The highest BCUT2D eigenvalue weighted by Crippen LogP contribution is 2.26. The summed E-state index contributed by atoms with van der Waals surface area (Å²) in [6, 6.07) is 0.0590. The summed E-state index contributed by atoms with van der Waals surface area (Å²) in [6.07, 6.45) is 0. The number of alkyl halides is 1. The van der Waals surface area contributed by atoms with Gasteiger partial charge in [0.1, 0.15) is 11.4 Å². The molecule has 0 aliphatic heterocycles. The van der Waals surface area contributed by atoms with E-state index in [4.69, 9.17) is 0 Å². The van der Waals surface area contributed by atoms with Gasteiger partial charge in [0.25, 0.3) is 0 Å². The normalized spacial score (nSPS) is 12.1. The zero-order chi connectivity index (χ0) is 13.9. The van der Waals surface area contributed by atoms with Gasteiger partial charge in [-0.05, 0) is 0 Å². The molecule has 1 rings (SSSR count). The molecule has 0 saturated heterocycles. The number of hydrogen-bond acceptors (Lipinski definition) is 3. The largest absolute Gasteiger partial charge is 0.486 e. The lowest BCUT2D eigenvalue weighted by molar-refractivity contribution is -0.140. The molecule has 0 saturated carbocycles. The van der Waals surface area contributed by atoms with Crippen LogP contribution in [0.5, 0.6) is 5.75 Å². The number of carbonyl (C=O) groups excluding carboxylic acids is 1. The summed E-state index contributed by atoms with van der Waals surface area (Å²) in [4.78, 5) is 9.93. The minimum absolute atomic E-state index is 0.0590. The van der Waals surface area contributed by atoms with Crippen LogP contribution in [-0.4, -0.2) is 24.5 Å². The average molecular weight is 331 g/mol. The molecule has 1 atom stereocenters. The fourth-order valence-corrected chi connectivity index (χ4v) is 1.35. The van der Waals surface area contributed by atoms with Crippen LogP contribution in [0, 0.1) is 23.3 Å². The van der Waals surface area contributed by atoms with Gasteiger partial charge in [-0.2, -0.15) is 8.78 Å². The highest BCUT2D eigenvalue weighted by molar-refractivity contribution is 9.10. The Kier molecular flexibility index (Phi) is 4.94. The van der Waals surface area contributed by atoms with E-state index < -0.39 is 46.4 Å². The number of benzene rings is 1. The van der Waals surface area contributed by atoms with Crippen LogP contribution in [0.15, 0.2) is 6.07 Å². The monoisotopic (exact) mass is 330 g/mol. The number of esters is 1. The predicted molar refractivity (Wildman–Crippen MR) is 56.5 cm³/mol. The first-order chi connectivity index (χ1) is 8.38. The molecule has 1 unspecified atom stereocenters. The number of carbonyl (C=O) groups is 1. The zero-order valence-electron chi connectivity index (χ0n) is 8.98. The van der Waals surface area contributed by atoms with Crippen LogP contribution in [0.3, 0.4) is 0 Å². The molecule has 0 heterocycles. The molecule has 0 N–H and O–H groups in total. The molecule has 100 valence electrons. The third-order valence-corrected chi connectivity index (χ3v) is 2.54. The molecule has 0 bridgehead atoms. The van der Waals surface area contributed by atoms with Crippen molar-refractivity contribution in [2.75, 3.05) is 13.7 Å². The fourth-order valence-electron chi connectivity index (χ4n) is 1.03. The number of rotatable bonds is 4. The number of hydrogen-bond donors (Lipinski definition) is 0. The second-order valence-corrected chi connectivity index (χ2v) is 4.20. The van der Waals surface area contributed by atoms with Gasteiger partial charge < -0.3 is 9.47 Å². The van der Waals surface area contributed by atoms with Crippen molar-refractivity contribution in [2.45, 2.75) is 4.83 Å². The first-order valence-corrected chi connectivity index (χ1v) is 5.47. The lowest BCUT2D eigenvalue weighted by atomic mass is 10.3. The van der Waals surface area contributed by atoms with Gasteiger partial charge in [-0.25, -0.2) is 8.78 Å². The average Bonchev–Trinajstić information content (AvgIpc) is 2.35. The Labute approximate surface area is 108 Å². The van der Waals surface area contributed by atoms with E-state index in [2.05, 4.69) is 25.4 Å². The minimum atomic E-state index is -1.67. The summed E-state index contributed by atoms with van der Waals surface area (Å²) in [5, 5.41) is 0. The van der Waals surface area contributed by atoms with E-state index in [0.717, 1.165) is 7.11 Å². The molecule has 0 aromatic heterocycles. The fraction of sp³-hybridized carbons (Fsp3) is 0.300. The summed E-state index contributed by atoms with van der Waals surface area (Å²) in [7, 11) is 1.10. The Morgan fingerprint density at radius 3 is 2.22 bits per heavy atom. The molecule has 0 fully saturated rings. The van der Waals surface area contributed by atoms with Crippen molar-refractivity contribution in [3.8, 4) is 5.75 Å². The number of ether oxygens (including phenoxy) is 2. The summed E-state index contributed by atoms with van der Waals surface area (Å²) in [5.41, 5.74) is 0. The Morgan fingerprint density at radius 2 is 1.78 bits per heavy atom. The van der Waals surface area contributed by atoms with Crippen LogP contribution in [0.2, 0.25) is 0 Å². The molecule has 0 aliphatic carbocycles. The lowest BCUT2D eigenvalue weighted by Crippen LogP contribution is -2.23. The van der Waals surface area contributed by atoms with E-state index in [0.29, 0.717) is 0 Å². The second-order valence-electron chi connectivity index (χ2n) is 3.10. The van der Waals surface area contributed by atoms with E-state index in [1.54, 1.807) is 0 Å². The van der Waals surface area contributed by atoms with E-state index >= 15 is 0 Å². The van der Waals surface area contributed by atoms with Crippen molar-refractivity contribution in [1.29, 1.82) is 0 Å². The van der Waals surface area contributed by atoms with Gasteiger partial charge in [0.15, 0.2) is 17.4 Å². The molecule has 0 spiro atoms. The highest BCUT2D eigenvalue weighted by Gasteiger charge is 2.23. The molecule has 1 aromatic carbocycles. The molecular weight excluding hydrogens is 324 g/mol. The Balaban J connectivity index is 2.88. The maximum absolute atomic E-state index is 13.1. The van der Waals surface area contributed by atoms with E-state index in [-0.39, 0.29) is 6.07 Å². The smallest absolute Gasteiger partial charge is 0.322 e. The summed E-state index contributed by atoms with van der Waals surface area (Å²) < 4.78 is 60.7. The van der Waals surface area contributed by atoms with Crippen LogP contribution >= 0.6 is 15.9 Å². The number of halogens is 5. The van der Waals surface area contributed by atoms with Crippen LogP contribution in [-0.2, 0) is 9.53 Å². The summed E-state index contributed by atoms with van der Waals surface area (Å²) in [5.74, 6) is -8.49. The van der Waals surface area contributed by atoms with Crippen LogP contribution in [0.25, 0.3) is 0 Å². The summed E-state index contributed by atoms with van der Waals surface area (Å²) in [6.45, 7) is -0.552. The van der Waals surface area contributed by atoms with Gasteiger partial charge in [0, 0.05) is 6.07 Å². The molecule has 0 radical (unpaired) electrons. The minimum Gasteiger partial charge on any atom is -0.486 e. The zero-order valence-corrected chi connectivity index (χ0v) is 10.6. The van der Waals surface area contributed by atoms with Gasteiger partial charge in [-0.15, -0.1) is 0 Å². The third kappa shape index (κ3) is 3.12. The van der Waals surface area contributed by atoms with Crippen LogP contribution in [0.4, 0.5) is 17.6 Å². The van der Waals surface area contributed by atoms with Crippen molar-refractivity contribution in [3.05, 3.63) is 29.3 Å². The van der Waals surface area contributed by atoms with E-state index in [1.165, 1.54) is 0 Å². The van der Waals surface area contributed by atoms with Gasteiger partial charge in [-0.1, -0.05) is 15.9 Å². The lowest BCUT2D eigenvalue weighted by Gasteiger charge is -2.11. The molecule has 0 amide bonds. The molecule has 0 aliphatic rings. The SMILES string of the molecule is COC(=O)C(Br)COc1c(F)c(F)cc(F)c1F. The van der Waals surface area contributed by atoms with Crippen molar-refractivity contribution in [3.63, 3.8) is 0 Å².